The van der Waals surface area contributed by atoms with E-state index in [9.17, 15) is 9.36 Å². The Bertz CT molecular complexity index is 384. The first-order valence-corrected chi connectivity index (χ1v) is 5.98. The van der Waals surface area contributed by atoms with Gasteiger partial charge in [-0.2, -0.15) is 0 Å². The molecule has 2 atom stereocenters. The predicted molar refractivity (Wildman–Crippen MR) is 52.7 cm³/mol. The average molecular weight is 254 g/mol. The van der Waals surface area contributed by atoms with Gasteiger partial charge in [-0.1, -0.05) is 0 Å². The van der Waals surface area contributed by atoms with Crippen molar-refractivity contribution in [2.24, 2.45) is 5.73 Å². The zero-order valence-corrected chi connectivity index (χ0v) is 9.06. The molecular weight excluding hydrogens is 245 g/mol. The van der Waals surface area contributed by atoms with Crippen LogP contribution in [0.25, 0.3) is 0 Å². The van der Waals surface area contributed by atoms with Gasteiger partial charge in [0, 0.05) is 0 Å². The van der Waals surface area contributed by atoms with Crippen molar-refractivity contribution in [3.8, 4) is 0 Å². The molecule has 2 unspecified atom stereocenters. The second-order valence-corrected chi connectivity index (χ2v) is 5.06. The van der Waals surface area contributed by atoms with Crippen LogP contribution >= 0.6 is 19.2 Å². The molecule has 1 aromatic heterocycles. The number of alkyl halides is 1. The summed E-state index contributed by atoms with van der Waals surface area (Å²) in [4.78, 5) is 29.3. The van der Waals surface area contributed by atoms with Crippen molar-refractivity contribution in [1.82, 2.24) is 0 Å². The third-order valence-corrected chi connectivity index (χ3v) is 3.40. The third kappa shape index (κ3) is 2.90. The molecule has 15 heavy (non-hydrogen) atoms. The number of nitrogens with two attached hydrogens (primary N) is 1. The maximum absolute atomic E-state index is 11.5. The van der Waals surface area contributed by atoms with Crippen molar-refractivity contribution >= 4 is 25.0 Å². The summed E-state index contributed by atoms with van der Waals surface area (Å²) in [5, 5.41) is 0. The molecular formula is C7H9ClNO5P. The quantitative estimate of drug-likeness (QED) is 0.312. The van der Waals surface area contributed by atoms with Gasteiger partial charge in [0.1, 0.15) is 5.50 Å². The van der Waals surface area contributed by atoms with Crippen LogP contribution in [0.2, 0.25) is 0 Å². The molecule has 6 nitrogen and oxygen atoms in total. The molecule has 0 fully saturated rings. The van der Waals surface area contributed by atoms with E-state index < -0.39 is 24.5 Å². The monoisotopic (exact) mass is 253 g/mol. The van der Waals surface area contributed by atoms with E-state index in [-0.39, 0.29) is 5.76 Å². The summed E-state index contributed by atoms with van der Waals surface area (Å²) in [6.45, 7) is 0. The third-order valence-electron chi connectivity index (χ3n) is 1.70. The van der Waals surface area contributed by atoms with Crippen LogP contribution in [-0.4, -0.2) is 26.7 Å². The molecule has 84 valence electrons. The number of halogens is 1. The number of hydrogen-bond acceptors (Lipinski definition) is 4. The lowest BCUT2D eigenvalue weighted by molar-refractivity contribution is 0.0950. The van der Waals surface area contributed by atoms with Crippen LogP contribution < -0.4 is 5.73 Å². The molecule has 1 heterocycles. The number of rotatable bonds is 4. The van der Waals surface area contributed by atoms with Gasteiger partial charge in [0.2, 0.25) is 5.78 Å². The molecule has 0 aromatic carbocycles. The Morgan fingerprint density at radius 2 is 2.20 bits per heavy atom. The van der Waals surface area contributed by atoms with Crippen molar-refractivity contribution in [3.63, 3.8) is 0 Å². The number of ketones is 1. The summed E-state index contributed by atoms with van der Waals surface area (Å²) in [6.07, 6.45) is 1.21. The fourth-order valence-corrected chi connectivity index (χ4v) is 2.41. The van der Waals surface area contributed by atoms with Crippen molar-refractivity contribution in [2.45, 2.75) is 11.2 Å². The number of Topliss-reactive ketones (excluding diaryl/α,β-unsaturated/α-hetero) is 1. The second-order valence-electron chi connectivity index (χ2n) is 2.82. The smallest absolute Gasteiger partial charge is 0.339 e. The molecule has 0 spiro atoms. The van der Waals surface area contributed by atoms with E-state index in [4.69, 9.17) is 31.5 Å². The van der Waals surface area contributed by atoms with Crippen LogP contribution in [0.1, 0.15) is 10.6 Å². The minimum atomic E-state index is -4.70. The molecule has 0 saturated carbocycles. The molecule has 0 aliphatic heterocycles. The van der Waals surface area contributed by atoms with Gasteiger partial charge >= 0.3 is 7.60 Å². The summed E-state index contributed by atoms with van der Waals surface area (Å²) < 4.78 is 15.7. The van der Waals surface area contributed by atoms with Crippen molar-refractivity contribution in [1.29, 1.82) is 0 Å². The minimum Gasteiger partial charge on any atom is -0.461 e. The topological polar surface area (TPSA) is 114 Å². The van der Waals surface area contributed by atoms with Crippen LogP contribution in [0.3, 0.4) is 0 Å². The summed E-state index contributed by atoms with van der Waals surface area (Å²) in [5.41, 5.74) is 1.88. The van der Waals surface area contributed by atoms with Gasteiger partial charge in [0.25, 0.3) is 0 Å². The standard InChI is InChI=1S/C7H9ClNO5P/c8-7(9)6(15(11,12)13)5(10)4-2-1-3-14-4/h1-3,6-7H,9H2,(H2,11,12,13). The zero-order chi connectivity index (χ0) is 11.6. The van der Waals surface area contributed by atoms with Gasteiger partial charge in [-0.25, -0.2) is 0 Å². The lowest BCUT2D eigenvalue weighted by Gasteiger charge is -2.17. The molecule has 0 bridgehead atoms. The maximum atomic E-state index is 11.5. The number of furan rings is 1. The van der Waals surface area contributed by atoms with E-state index in [2.05, 4.69) is 0 Å². The highest BCUT2D eigenvalue weighted by atomic mass is 35.5. The largest absolute Gasteiger partial charge is 0.461 e. The Hall–Kier alpha value is -0.650. The van der Waals surface area contributed by atoms with Crippen LogP contribution in [0.15, 0.2) is 22.8 Å². The fourth-order valence-electron chi connectivity index (χ4n) is 1.05. The molecule has 1 rings (SSSR count). The SMILES string of the molecule is NC(Cl)C(C(=O)c1ccco1)P(=O)(O)O. The summed E-state index contributed by atoms with van der Waals surface area (Å²) >= 11 is 5.36. The predicted octanol–water partition coefficient (Wildman–Crippen LogP) is 0.532. The van der Waals surface area contributed by atoms with Gasteiger partial charge in [0.15, 0.2) is 11.4 Å². The lowest BCUT2D eigenvalue weighted by Crippen LogP contribution is -2.36. The van der Waals surface area contributed by atoms with Gasteiger partial charge in [-0.3, -0.25) is 9.36 Å². The normalized spacial score (nSPS) is 16.0. The Balaban J connectivity index is 3.02. The van der Waals surface area contributed by atoms with E-state index >= 15 is 0 Å². The second kappa shape index (κ2) is 4.47. The van der Waals surface area contributed by atoms with Gasteiger partial charge in [-0.05, 0) is 12.1 Å². The van der Waals surface area contributed by atoms with Gasteiger partial charge in [0.05, 0.1) is 6.26 Å². The lowest BCUT2D eigenvalue weighted by atomic mass is 10.2. The first kappa shape index (κ1) is 12.4. The molecule has 0 aliphatic rings. The van der Waals surface area contributed by atoms with Gasteiger partial charge < -0.3 is 19.9 Å². The van der Waals surface area contributed by atoms with Crippen molar-refractivity contribution in [2.75, 3.05) is 0 Å². The highest BCUT2D eigenvalue weighted by molar-refractivity contribution is 7.54. The highest BCUT2D eigenvalue weighted by Gasteiger charge is 2.41. The molecule has 0 aliphatic carbocycles. The fraction of sp³-hybridized carbons (Fsp3) is 0.286. The van der Waals surface area contributed by atoms with E-state index in [0.29, 0.717) is 0 Å². The van der Waals surface area contributed by atoms with Crippen LogP contribution in [-0.2, 0) is 4.57 Å². The van der Waals surface area contributed by atoms with E-state index in [1.54, 1.807) is 0 Å². The molecule has 8 heteroatoms. The first-order valence-electron chi connectivity index (χ1n) is 3.86. The number of carbonyl (C=O) groups excluding carboxylic acids is 1. The highest BCUT2D eigenvalue weighted by Crippen LogP contribution is 2.44. The number of carbonyl (C=O) groups is 1. The summed E-state index contributed by atoms with van der Waals surface area (Å²) in [5.74, 6) is -1.09. The van der Waals surface area contributed by atoms with E-state index in [1.807, 2.05) is 0 Å². The summed E-state index contributed by atoms with van der Waals surface area (Å²) in [7, 11) is -4.70. The zero-order valence-electron chi connectivity index (χ0n) is 7.41. The molecule has 0 radical (unpaired) electrons. The van der Waals surface area contributed by atoms with E-state index in [0.717, 1.165) is 0 Å². The Labute approximate surface area is 90.2 Å². The Kier molecular flexibility index (Phi) is 3.70. The Morgan fingerprint density at radius 1 is 1.60 bits per heavy atom. The van der Waals surface area contributed by atoms with Crippen LogP contribution in [0, 0.1) is 0 Å². The van der Waals surface area contributed by atoms with E-state index in [1.165, 1.54) is 18.4 Å². The number of hydrogen-bond donors (Lipinski definition) is 3. The first-order chi connectivity index (χ1) is 6.84. The van der Waals surface area contributed by atoms with Gasteiger partial charge in [-0.15, -0.1) is 11.6 Å². The summed E-state index contributed by atoms with van der Waals surface area (Å²) in [6, 6.07) is 2.70. The molecule has 0 amide bonds. The molecule has 1 aromatic rings. The van der Waals surface area contributed by atoms with Crippen molar-refractivity contribution in [3.05, 3.63) is 24.2 Å². The maximum Gasteiger partial charge on any atom is 0.339 e. The molecule has 0 saturated heterocycles. The minimum absolute atomic E-state index is 0.181. The van der Waals surface area contributed by atoms with Crippen molar-refractivity contribution < 1.29 is 23.6 Å². The average Bonchev–Trinajstić information content (AvgIpc) is 2.51. The molecule has 4 N–H and O–H groups in total. The van der Waals surface area contributed by atoms with Crippen LogP contribution in [0.4, 0.5) is 0 Å². The van der Waals surface area contributed by atoms with Crippen LogP contribution in [0.5, 0.6) is 0 Å². The Morgan fingerprint density at radius 3 is 2.53 bits per heavy atom.